The van der Waals surface area contributed by atoms with Gasteiger partial charge in [-0.05, 0) is 18.6 Å². The SMILES string of the molecule is C[C@H](/C=C/S(C)(=O)=O)NC(=O)c1ncc(N2CCOCC2c2ccccc2Cl)cc1F. The van der Waals surface area contributed by atoms with Crippen LogP contribution in [-0.4, -0.2) is 51.4 Å². The van der Waals surface area contributed by atoms with Crippen molar-refractivity contribution in [2.45, 2.75) is 19.0 Å². The number of carbonyl (C=O) groups is 1. The molecule has 1 aromatic carbocycles. The third kappa shape index (κ3) is 6.03. The van der Waals surface area contributed by atoms with Crippen molar-refractivity contribution in [3.05, 3.63) is 70.1 Å². The van der Waals surface area contributed by atoms with Gasteiger partial charge in [-0.3, -0.25) is 4.79 Å². The summed E-state index contributed by atoms with van der Waals surface area (Å²) in [6.07, 6.45) is 3.78. The molecule has 166 valence electrons. The van der Waals surface area contributed by atoms with E-state index in [4.69, 9.17) is 16.3 Å². The lowest BCUT2D eigenvalue weighted by Gasteiger charge is -2.37. The first-order chi connectivity index (χ1) is 14.7. The normalized spacial score (nSPS) is 18.2. The predicted octanol–water partition coefficient (Wildman–Crippen LogP) is 3.13. The number of anilines is 1. The first-order valence-corrected chi connectivity index (χ1v) is 11.9. The van der Waals surface area contributed by atoms with Crippen molar-refractivity contribution in [1.29, 1.82) is 0 Å². The molecule has 7 nitrogen and oxygen atoms in total. The van der Waals surface area contributed by atoms with Gasteiger partial charge in [-0.25, -0.2) is 17.8 Å². The van der Waals surface area contributed by atoms with Gasteiger partial charge in [0.25, 0.3) is 5.91 Å². The van der Waals surface area contributed by atoms with Crippen LogP contribution in [-0.2, 0) is 14.6 Å². The monoisotopic (exact) mass is 467 g/mol. The van der Waals surface area contributed by atoms with Gasteiger partial charge in [0, 0.05) is 35.3 Å². The predicted molar refractivity (Wildman–Crippen MR) is 117 cm³/mol. The Morgan fingerprint density at radius 3 is 2.84 bits per heavy atom. The minimum absolute atomic E-state index is 0.218. The van der Waals surface area contributed by atoms with Gasteiger partial charge in [-0.1, -0.05) is 35.9 Å². The Morgan fingerprint density at radius 2 is 2.16 bits per heavy atom. The molecule has 0 spiro atoms. The summed E-state index contributed by atoms with van der Waals surface area (Å²) in [6, 6.07) is 7.81. The molecule has 1 amide bonds. The molecule has 2 atom stereocenters. The number of carbonyl (C=O) groups excluding carboxylic acids is 1. The van der Waals surface area contributed by atoms with E-state index in [0.29, 0.717) is 30.5 Å². The third-order valence-electron chi connectivity index (χ3n) is 4.74. The second-order valence-corrected chi connectivity index (χ2v) is 9.59. The minimum Gasteiger partial charge on any atom is -0.377 e. The second-order valence-electron chi connectivity index (χ2n) is 7.25. The standard InChI is InChI=1S/C21H23ClFN3O4S/c1-14(7-10-31(2,28)29)25-21(27)20-18(23)11-15(12-24-20)26-8-9-30-13-19(26)16-5-3-4-6-17(16)22/h3-7,10-12,14,19H,8-9,13H2,1-2H3,(H,25,27)/b10-7+/t14-,19?/m1/s1. The third-order valence-corrected chi connectivity index (χ3v) is 5.74. The number of nitrogens with zero attached hydrogens (tertiary/aromatic N) is 2. The molecular formula is C21H23ClFN3O4S. The lowest BCUT2D eigenvalue weighted by atomic mass is 10.0. The van der Waals surface area contributed by atoms with Crippen molar-refractivity contribution in [2.75, 3.05) is 30.9 Å². The van der Waals surface area contributed by atoms with Crippen LogP contribution in [0.15, 0.2) is 48.0 Å². The van der Waals surface area contributed by atoms with Crippen LogP contribution in [0.4, 0.5) is 10.1 Å². The van der Waals surface area contributed by atoms with E-state index in [1.165, 1.54) is 18.3 Å². The first-order valence-electron chi connectivity index (χ1n) is 9.59. The Morgan fingerprint density at radius 1 is 1.42 bits per heavy atom. The minimum atomic E-state index is -3.32. The summed E-state index contributed by atoms with van der Waals surface area (Å²) in [4.78, 5) is 18.3. The van der Waals surface area contributed by atoms with Crippen LogP contribution >= 0.6 is 11.6 Å². The molecule has 31 heavy (non-hydrogen) atoms. The van der Waals surface area contributed by atoms with Crippen molar-refractivity contribution >= 4 is 33.0 Å². The molecule has 1 aliphatic heterocycles. The van der Waals surface area contributed by atoms with Crippen molar-refractivity contribution in [1.82, 2.24) is 10.3 Å². The average Bonchev–Trinajstić information content (AvgIpc) is 2.72. The van der Waals surface area contributed by atoms with Crippen LogP contribution in [0.25, 0.3) is 0 Å². The number of morpholine rings is 1. The van der Waals surface area contributed by atoms with Crippen LogP contribution < -0.4 is 10.2 Å². The maximum atomic E-state index is 14.8. The molecule has 1 saturated heterocycles. The highest BCUT2D eigenvalue weighted by Crippen LogP contribution is 2.33. The molecular weight excluding hydrogens is 445 g/mol. The van der Waals surface area contributed by atoms with Gasteiger partial charge in [-0.2, -0.15) is 0 Å². The van der Waals surface area contributed by atoms with Gasteiger partial charge in [0.15, 0.2) is 21.3 Å². The molecule has 1 aliphatic rings. The Kier molecular flexibility index (Phi) is 7.30. The fourth-order valence-electron chi connectivity index (χ4n) is 3.25. The number of amides is 1. The summed E-state index contributed by atoms with van der Waals surface area (Å²) in [5.41, 5.74) is 0.996. The van der Waals surface area contributed by atoms with E-state index < -0.39 is 27.6 Å². The number of nitrogens with one attached hydrogen (secondary N) is 1. The molecule has 10 heteroatoms. The van der Waals surface area contributed by atoms with Crippen LogP contribution in [0, 0.1) is 5.82 Å². The molecule has 0 saturated carbocycles. The molecule has 0 bridgehead atoms. The van der Waals surface area contributed by atoms with Gasteiger partial charge in [0.1, 0.15) is 0 Å². The van der Waals surface area contributed by atoms with E-state index >= 15 is 0 Å². The van der Waals surface area contributed by atoms with Gasteiger partial charge in [0.05, 0.1) is 31.1 Å². The summed E-state index contributed by atoms with van der Waals surface area (Å²) >= 11 is 6.34. The smallest absolute Gasteiger partial charge is 0.273 e. The summed E-state index contributed by atoms with van der Waals surface area (Å²) in [6.45, 7) is 2.94. The van der Waals surface area contributed by atoms with Crippen LogP contribution in [0.1, 0.15) is 29.0 Å². The Bertz CT molecular complexity index is 1090. The number of hydrogen-bond acceptors (Lipinski definition) is 6. The number of rotatable bonds is 6. The molecule has 1 N–H and O–H groups in total. The maximum absolute atomic E-state index is 14.8. The fourth-order valence-corrected chi connectivity index (χ4v) is 4.03. The molecule has 1 unspecified atom stereocenters. The lowest BCUT2D eigenvalue weighted by Crippen LogP contribution is -2.40. The number of hydrogen-bond donors (Lipinski definition) is 1. The van der Waals surface area contributed by atoms with Gasteiger partial charge in [0.2, 0.25) is 0 Å². The number of aromatic nitrogens is 1. The van der Waals surface area contributed by atoms with Crippen LogP contribution in [0.5, 0.6) is 0 Å². The number of sulfone groups is 1. The molecule has 0 aliphatic carbocycles. The van der Waals surface area contributed by atoms with E-state index in [2.05, 4.69) is 10.3 Å². The maximum Gasteiger partial charge on any atom is 0.273 e. The average molecular weight is 468 g/mol. The van der Waals surface area contributed by atoms with E-state index in [0.717, 1.165) is 17.2 Å². The molecule has 1 aromatic heterocycles. The summed E-state index contributed by atoms with van der Waals surface area (Å²) in [5.74, 6) is -1.52. The quantitative estimate of drug-likeness (QED) is 0.702. The Labute approximate surface area is 185 Å². The number of pyridine rings is 1. The molecule has 2 heterocycles. The fraction of sp³-hybridized carbons (Fsp3) is 0.333. The van der Waals surface area contributed by atoms with Gasteiger partial charge >= 0.3 is 0 Å². The Hall–Kier alpha value is -2.49. The topological polar surface area (TPSA) is 88.6 Å². The van der Waals surface area contributed by atoms with Crippen LogP contribution in [0.2, 0.25) is 5.02 Å². The highest BCUT2D eigenvalue weighted by molar-refractivity contribution is 7.93. The molecule has 0 radical (unpaired) electrons. The van der Waals surface area contributed by atoms with E-state index in [9.17, 15) is 17.6 Å². The van der Waals surface area contributed by atoms with Gasteiger partial charge in [-0.15, -0.1) is 0 Å². The van der Waals surface area contributed by atoms with Gasteiger partial charge < -0.3 is 15.0 Å². The van der Waals surface area contributed by atoms with Crippen LogP contribution in [0.3, 0.4) is 0 Å². The molecule has 3 rings (SSSR count). The Balaban J connectivity index is 1.80. The van der Waals surface area contributed by atoms with Crippen molar-refractivity contribution in [3.63, 3.8) is 0 Å². The van der Waals surface area contributed by atoms with Crippen molar-refractivity contribution in [2.24, 2.45) is 0 Å². The largest absolute Gasteiger partial charge is 0.377 e. The van der Waals surface area contributed by atoms with Crippen molar-refractivity contribution in [3.8, 4) is 0 Å². The lowest BCUT2D eigenvalue weighted by molar-refractivity contribution is 0.0930. The van der Waals surface area contributed by atoms with Crippen molar-refractivity contribution < 1.29 is 22.3 Å². The zero-order valence-electron chi connectivity index (χ0n) is 17.1. The highest BCUT2D eigenvalue weighted by Gasteiger charge is 2.28. The molecule has 2 aromatic rings. The molecule has 1 fully saturated rings. The number of ether oxygens (including phenoxy) is 1. The van der Waals surface area contributed by atoms with E-state index in [1.54, 1.807) is 13.0 Å². The van der Waals surface area contributed by atoms with E-state index in [-0.39, 0.29) is 11.7 Å². The highest BCUT2D eigenvalue weighted by atomic mass is 35.5. The zero-order chi connectivity index (χ0) is 22.6. The second kappa shape index (κ2) is 9.76. The summed E-state index contributed by atoms with van der Waals surface area (Å²) < 4.78 is 42.7. The zero-order valence-corrected chi connectivity index (χ0v) is 18.7. The summed E-state index contributed by atoms with van der Waals surface area (Å²) in [7, 11) is -3.32. The number of halogens is 2. The first kappa shape index (κ1) is 23.2. The summed E-state index contributed by atoms with van der Waals surface area (Å²) in [5, 5.41) is 4.08. The van der Waals surface area contributed by atoms with E-state index in [1.807, 2.05) is 23.1 Å². The number of benzene rings is 1.